The number of rotatable bonds is 0. The predicted octanol–water partition coefficient (Wildman–Crippen LogP) is 3.29. The van der Waals surface area contributed by atoms with Crippen LogP contribution in [0.1, 0.15) is 0 Å². The van der Waals surface area contributed by atoms with Gasteiger partial charge in [-0.25, -0.2) is 0 Å². The van der Waals surface area contributed by atoms with E-state index in [-0.39, 0.29) is 0 Å². The Kier molecular flexibility index (Phi) is 2.11. The lowest BCUT2D eigenvalue weighted by atomic mass is 10.6. The van der Waals surface area contributed by atoms with Gasteiger partial charge in [-0.05, 0) is 0 Å². The summed E-state index contributed by atoms with van der Waals surface area (Å²) in [5.74, 6) is 0. The van der Waals surface area contributed by atoms with Crippen LogP contribution in [0.2, 0.25) is 13.7 Å². The van der Waals surface area contributed by atoms with Gasteiger partial charge < -0.3 is 5.73 Å². The largest absolute Gasteiger partial charge is 0.396 e. The third-order valence-electron chi connectivity index (χ3n) is 0.800. The number of halogens is 3. The molecule has 1 rings (SSSR count). The van der Waals surface area contributed by atoms with Crippen LogP contribution >= 0.6 is 46.1 Å². The van der Waals surface area contributed by atoms with Gasteiger partial charge in [-0.2, -0.15) is 0 Å². The Morgan fingerprint density at radius 1 is 1.11 bits per heavy atom. The Morgan fingerprint density at radius 2 is 1.67 bits per heavy atom. The zero-order valence-corrected chi connectivity index (χ0v) is 7.20. The molecule has 0 bridgehead atoms. The van der Waals surface area contributed by atoms with Crippen LogP contribution in [-0.4, -0.2) is 0 Å². The number of hydrogen-bond donors (Lipinski definition) is 1. The van der Waals surface area contributed by atoms with Gasteiger partial charge in [0.2, 0.25) is 0 Å². The zero-order chi connectivity index (χ0) is 7.02. The van der Waals surface area contributed by atoms with E-state index in [0.717, 1.165) is 0 Å². The molecule has 0 saturated heterocycles. The summed E-state index contributed by atoms with van der Waals surface area (Å²) in [6.45, 7) is 0. The molecule has 0 aliphatic rings. The molecule has 50 valence electrons. The summed E-state index contributed by atoms with van der Waals surface area (Å²) < 4.78 is 0.893. The van der Waals surface area contributed by atoms with Gasteiger partial charge in [0, 0.05) is 0 Å². The Balaban J connectivity index is 3.29. The van der Waals surface area contributed by atoms with Crippen molar-refractivity contribution in [1.29, 1.82) is 0 Å². The van der Waals surface area contributed by atoms with E-state index < -0.39 is 0 Å². The third kappa shape index (κ3) is 1.27. The first kappa shape index (κ1) is 7.48. The van der Waals surface area contributed by atoms with Crippen molar-refractivity contribution < 1.29 is 0 Å². The molecule has 0 fully saturated rings. The molecule has 0 atom stereocenters. The van der Waals surface area contributed by atoms with Crippen LogP contribution in [0.15, 0.2) is 0 Å². The van der Waals surface area contributed by atoms with E-state index >= 15 is 0 Å². The van der Waals surface area contributed by atoms with Gasteiger partial charge in [0.25, 0.3) is 0 Å². The number of hydrogen-bond acceptors (Lipinski definition) is 2. The Bertz CT molecular complexity index is 209. The van der Waals surface area contributed by atoms with Crippen LogP contribution in [-0.2, 0) is 0 Å². The monoisotopic (exact) mass is 201 g/mol. The maximum Gasteiger partial charge on any atom is 0.119 e. The molecule has 0 aliphatic heterocycles. The molecule has 0 saturated carbocycles. The summed E-state index contributed by atoms with van der Waals surface area (Å²) in [6, 6.07) is 0. The molecule has 2 N–H and O–H groups in total. The minimum atomic E-state index is 0.353. The second kappa shape index (κ2) is 2.54. The molecule has 0 radical (unpaired) electrons. The average Bonchev–Trinajstić information content (AvgIpc) is 1.98. The normalized spacial score (nSPS) is 10.1. The molecule has 5 heteroatoms. The van der Waals surface area contributed by atoms with Gasteiger partial charge in [0.05, 0.1) is 10.7 Å². The molecule has 1 aromatic rings. The highest BCUT2D eigenvalue weighted by molar-refractivity contribution is 7.21. The first-order chi connectivity index (χ1) is 4.13. The van der Waals surface area contributed by atoms with Gasteiger partial charge in [0.1, 0.15) is 8.67 Å². The number of anilines is 1. The van der Waals surface area contributed by atoms with Crippen molar-refractivity contribution in [1.82, 2.24) is 0 Å². The summed E-state index contributed by atoms with van der Waals surface area (Å²) in [5.41, 5.74) is 5.73. The summed E-state index contributed by atoms with van der Waals surface area (Å²) in [4.78, 5) is 0. The standard InChI is InChI=1S/C4H2Cl3NS/c5-1-2(8)4(7)9-3(1)6/h8H2. The Labute approximate surface area is 71.3 Å². The summed E-state index contributed by atoms with van der Waals surface area (Å²) in [6.07, 6.45) is 0. The predicted molar refractivity (Wildman–Crippen MR) is 43.8 cm³/mol. The minimum absolute atomic E-state index is 0.353. The lowest BCUT2D eigenvalue weighted by Gasteiger charge is -1.84. The molecule has 1 heterocycles. The first-order valence-corrected chi connectivity index (χ1v) is 3.96. The quantitative estimate of drug-likeness (QED) is 0.686. The van der Waals surface area contributed by atoms with Crippen molar-refractivity contribution in [2.45, 2.75) is 0 Å². The van der Waals surface area contributed by atoms with Crippen LogP contribution in [0.4, 0.5) is 5.69 Å². The van der Waals surface area contributed by atoms with Gasteiger partial charge in [-0.15, -0.1) is 11.3 Å². The summed E-state index contributed by atoms with van der Waals surface area (Å²) >= 11 is 17.9. The van der Waals surface area contributed by atoms with Gasteiger partial charge in [0.15, 0.2) is 0 Å². The fraction of sp³-hybridized carbons (Fsp3) is 0. The van der Waals surface area contributed by atoms with E-state index in [0.29, 0.717) is 19.4 Å². The fourth-order valence-electron chi connectivity index (χ4n) is 0.371. The van der Waals surface area contributed by atoms with Crippen molar-refractivity contribution in [2.75, 3.05) is 5.73 Å². The lowest BCUT2D eigenvalue weighted by Crippen LogP contribution is -1.80. The highest BCUT2D eigenvalue weighted by atomic mass is 35.5. The zero-order valence-electron chi connectivity index (χ0n) is 4.12. The minimum Gasteiger partial charge on any atom is -0.396 e. The third-order valence-corrected chi connectivity index (χ3v) is 3.04. The average molecular weight is 202 g/mol. The lowest BCUT2D eigenvalue weighted by molar-refractivity contribution is 1.87. The van der Waals surface area contributed by atoms with Crippen molar-refractivity contribution in [3.05, 3.63) is 13.7 Å². The highest BCUT2D eigenvalue weighted by Gasteiger charge is 2.09. The molecule has 0 spiro atoms. The van der Waals surface area contributed by atoms with Crippen molar-refractivity contribution in [2.24, 2.45) is 0 Å². The fourth-order valence-corrected chi connectivity index (χ4v) is 2.03. The topological polar surface area (TPSA) is 26.0 Å². The second-order valence-electron chi connectivity index (χ2n) is 1.38. The summed E-state index contributed by atoms with van der Waals surface area (Å²) in [5, 5.41) is 0.353. The van der Waals surface area contributed by atoms with Gasteiger partial charge in [-0.1, -0.05) is 34.8 Å². The Hall–Kier alpha value is 0.370. The van der Waals surface area contributed by atoms with Crippen LogP contribution in [0.25, 0.3) is 0 Å². The summed E-state index contributed by atoms with van der Waals surface area (Å²) in [7, 11) is 0. The number of nitrogen functional groups attached to an aromatic ring is 1. The van der Waals surface area contributed by atoms with Crippen LogP contribution < -0.4 is 5.73 Å². The van der Waals surface area contributed by atoms with Gasteiger partial charge in [-0.3, -0.25) is 0 Å². The molecule has 0 aliphatic carbocycles. The highest BCUT2D eigenvalue weighted by Crippen LogP contribution is 2.41. The van der Waals surface area contributed by atoms with Crippen molar-refractivity contribution in [3.63, 3.8) is 0 Å². The molecule has 1 nitrogen and oxygen atoms in total. The number of nitrogens with two attached hydrogens (primary N) is 1. The van der Waals surface area contributed by atoms with Gasteiger partial charge >= 0.3 is 0 Å². The second-order valence-corrected chi connectivity index (χ2v) is 3.98. The molecule has 9 heavy (non-hydrogen) atoms. The molecular weight excluding hydrogens is 200 g/mol. The molecule has 0 amide bonds. The van der Waals surface area contributed by atoms with E-state index in [1.807, 2.05) is 0 Å². The molecule has 1 aromatic heterocycles. The Morgan fingerprint density at radius 3 is 1.78 bits per heavy atom. The molecule has 0 aromatic carbocycles. The van der Waals surface area contributed by atoms with Crippen LogP contribution in [0.5, 0.6) is 0 Å². The van der Waals surface area contributed by atoms with E-state index in [9.17, 15) is 0 Å². The van der Waals surface area contributed by atoms with E-state index in [2.05, 4.69) is 0 Å². The molecule has 0 unspecified atom stereocenters. The van der Waals surface area contributed by atoms with E-state index in [1.54, 1.807) is 0 Å². The van der Waals surface area contributed by atoms with E-state index in [1.165, 1.54) is 11.3 Å². The van der Waals surface area contributed by atoms with E-state index in [4.69, 9.17) is 40.5 Å². The maximum absolute atomic E-state index is 5.57. The van der Waals surface area contributed by atoms with Crippen molar-refractivity contribution >= 4 is 51.8 Å². The van der Waals surface area contributed by atoms with Crippen LogP contribution in [0.3, 0.4) is 0 Å². The SMILES string of the molecule is Nc1c(Cl)sc(Cl)c1Cl. The smallest absolute Gasteiger partial charge is 0.119 e. The van der Waals surface area contributed by atoms with Crippen LogP contribution in [0, 0.1) is 0 Å². The first-order valence-electron chi connectivity index (χ1n) is 2.01. The number of thiophene rings is 1. The van der Waals surface area contributed by atoms with Crippen molar-refractivity contribution in [3.8, 4) is 0 Å². The maximum atomic E-state index is 5.57. The molecular formula is C4H2Cl3NS.